The van der Waals surface area contributed by atoms with Crippen molar-refractivity contribution in [1.29, 1.82) is 5.41 Å². The van der Waals surface area contributed by atoms with Crippen LogP contribution in [0.4, 0.5) is 0 Å². The molecule has 35 heavy (non-hydrogen) atoms. The Bertz CT molecular complexity index is 1260. The van der Waals surface area contributed by atoms with E-state index in [2.05, 4.69) is 19.2 Å². The van der Waals surface area contributed by atoms with Gasteiger partial charge >= 0.3 is 0 Å². The second-order valence-corrected chi connectivity index (χ2v) is 9.54. The number of carbonyl (C=O) groups excluding carboxylic acids is 1. The number of rotatable bonds is 14. The van der Waals surface area contributed by atoms with E-state index >= 15 is 0 Å². The Hall–Kier alpha value is -2.96. The minimum Gasteiger partial charge on any atom is -0.352 e. The second-order valence-electron chi connectivity index (χ2n) is 9.54. The lowest BCUT2D eigenvalue weighted by Gasteiger charge is -2.15. The van der Waals surface area contributed by atoms with Crippen LogP contribution in [0.2, 0.25) is 0 Å². The highest BCUT2D eigenvalue weighted by Gasteiger charge is 2.17. The summed E-state index contributed by atoms with van der Waals surface area (Å²) >= 11 is 0. The maximum Gasteiger partial charge on any atom is 0.267 e. The molecule has 1 amide bonds. The van der Waals surface area contributed by atoms with E-state index in [9.17, 15) is 9.59 Å². The summed E-state index contributed by atoms with van der Waals surface area (Å²) in [7, 11) is 0. The zero-order chi connectivity index (χ0) is 25.2. The van der Waals surface area contributed by atoms with Gasteiger partial charge in [-0.3, -0.25) is 19.4 Å². The normalized spacial score (nSPS) is 11.4. The number of nitrogens with zero attached hydrogens (tertiary/aromatic N) is 3. The minimum atomic E-state index is -0.294. The van der Waals surface area contributed by atoms with E-state index in [1.807, 2.05) is 19.1 Å². The van der Waals surface area contributed by atoms with Crippen LogP contribution >= 0.6 is 0 Å². The fourth-order valence-electron chi connectivity index (χ4n) is 4.56. The molecule has 0 fully saturated rings. The number of aryl methyl sites for hydroxylation is 2. The SMILES string of the molecule is CCCCCCCCn1c(=N)c(C(=O)NCCCCCCC)cc2c(=O)n3cccc(C)c3nc21. The molecule has 3 aromatic heterocycles. The number of amides is 1. The molecular weight excluding hydrogens is 438 g/mol. The van der Waals surface area contributed by atoms with Gasteiger partial charge in [0.2, 0.25) is 0 Å². The summed E-state index contributed by atoms with van der Waals surface area (Å²) in [6.45, 7) is 7.45. The molecule has 0 aliphatic rings. The van der Waals surface area contributed by atoms with E-state index in [0.717, 1.165) is 37.7 Å². The minimum absolute atomic E-state index is 0.124. The highest BCUT2D eigenvalue weighted by molar-refractivity contribution is 5.96. The summed E-state index contributed by atoms with van der Waals surface area (Å²) in [4.78, 5) is 31.3. The predicted molar refractivity (Wildman–Crippen MR) is 142 cm³/mol. The first-order valence-corrected chi connectivity index (χ1v) is 13.4. The first kappa shape index (κ1) is 26.6. The highest BCUT2D eigenvalue weighted by atomic mass is 16.1. The lowest BCUT2D eigenvalue weighted by Crippen LogP contribution is -2.35. The number of aromatic nitrogens is 3. The van der Waals surface area contributed by atoms with Gasteiger partial charge in [0.25, 0.3) is 11.5 Å². The van der Waals surface area contributed by atoms with Gasteiger partial charge in [-0.1, -0.05) is 77.7 Å². The van der Waals surface area contributed by atoms with E-state index in [0.29, 0.717) is 29.8 Å². The summed E-state index contributed by atoms with van der Waals surface area (Å²) in [5.41, 5.74) is 2.13. The summed E-state index contributed by atoms with van der Waals surface area (Å²) in [6.07, 6.45) is 14.0. The zero-order valence-electron chi connectivity index (χ0n) is 21.7. The fraction of sp³-hybridized carbons (Fsp3) is 0.571. The van der Waals surface area contributed by atoms with Gasteiger partial charge in [-0.2, -0.15) is 0 Å². The molecule has 0 spiro atoms. The quantitative estimate of drug-likeness (QED) is 0.236. The van der Waals surface area contributed by atoms with Crippen molar-refractivity contribution in [2.45, 2.75) is 97.9 Å². The van der Waals surface area contributed by atoms with Gasteiger partial charge in [-0.05, 0) is 37.5 Å². The Morgan fingerprint density at radius 1 is 0.971 bits per heavy atom. The number of hydrogen-bond acceptors (Lipinski definition) is 4. The van der Waals surface area contributed by atoms with E-state index < -0.39 is 0 Å². The molecule has 0 saturated heterocycles. The van der Waals surface area contributed by atoms with Crippen LogP contribution in [0.5, 0.6) is 0 Å². The van der Waals surface area contributed by atoms with Crippen LogP contribution in [0, 0.1) is 12.3 Å². The molecule has 7 nitrogen and oxygen atoms in total. The molecule has 7 heteroatoms. The number of pyridine rings is 2. The van der Waals surface area contributed by atoms with Crippen LogP contribution in [0.25, 0.3) is 16.7 Å². The Kier molecular flexibility index (Phi) is 10.1. The van der Waals surface area contributed by atoms with Crippen molar-refractivity contribution in [3.8, 4) is 0 Å². The first-order chi connectivity index (χ1) is 17.0. The molecule has 0 atom stereocenters. The molecule has 3 heterocycles. The third-order valence-electron chi connectivity index (χ3n) is 6.68. The molecule has 3 aromatic rings. The smallest absolute Gasteiger partial charge is 0.267 e. The summed E-state index contributed by atoms with van der Waals surface area (Å²) < 4.78 is 3.30. The van der Waals surface area contributed by atoms with Crippen LogP contribution in [0.1, 0.15) is 100 Å². The van der Waals surface area contributed by atoms with Crippen molar-refractivity contribution in [1.82, 2.24) is 19.3 Å². The molecule has 190 valence electrons. The molecule has 0 bridgehead atoms. The van der Waals surface area contributed by atoms with Crippen molar-refractivity contribution < 1.29 is 4.79 Å². The molecule has 0 saturated carbocycles. The van der Waals surface area contributed by atoms with Crippen molar-refractivity contribution in [2.24, 2.45) is 0 Å². The van der Waals surface area contributed by atoms with Crippen LogP contribution in [0.3, 0.4) is 0 Å². The molecule has 0 aromatic carbocycles. The van der Waals surface area contributed by atoms with Gasteiger partial charge in [0.15, 0.2) is 0 Å². The number of nitrogens with one attached hydrogen (secondary N) is 2. The van der Waals surface area contributed by atoms with Crippen LogP contribution < -0.4 is 16.4 Å². The Balaban J connectivity index is 1.95. The standard InChI is InChI=1S/C28H41N5O2/c1-4-6-8-10-12-14-18-32-24(29)22(27(34)30-17-13-11-9-7-5-2)20-23-26(32)31-25-21(3)16-15-19-33(25)28(23)35/h15-16,19-20,29H,4-14,17-18H2,1-3H3,(H,30,34). The van der Waals surface area contributed by atoms with Crippen molar-refractivity contribution in [3.05, 3.63) is 51.4 Å². The number of carbonyl (C=O) groups is 1. The molecule has 0 unspecified atom stereocenters. The number of hydrogen-bond donors (Lipinski definition) is 2. The van der Waals surface area contributed by atoms with Gasteiger partial charge in [-0.15, -0.1) is 0 Å². The third-order valence-corrected chi connectivity index (χ3v) is 6.68. The fourth-order valence-corrected chi connectivity index (χ4v) is 4.56. The zero-order valence-corrected chi connectivity index (χ0v) is 21.7. The summed E-state index contributed by atoms with van der Waals surface area (Å²) in [5.74, 6) is -0.294. The van der Waals surface area contributed by atoms with E-state index in [1.54, 1.807) is 16.8 Å². The van der Waals surface area contributed by atoms with Crippen LogP contribution in [-0.4, -0.2) is 26.4 Å². The van der Waals surface area contributed by atoms with E-state index in [1.165, 1.54) is 42.9 Å². The van der Waals surface area contributed by atoms with E-state index in [-0.39, 0.29) is 22.5 Å². The van der Waals surface area contributed by atoms with E-state index in [4.69, 9.17) is 10.4 Å². The average Bonchev–Trinajstić information content (AvgIpc) is 2.85. The largest absolute Gasteiger partial charge is 0.352 e. The molecule has 3 rings (SSSR count). The lowest BCUT2D eigenvalue weighted by molar-refractivity contribution is 0.0950. The monoisotopic (exact) mass is 479 g/mol. The number of unbranched alkanes of at least 4 members (excludes halogenated alkanes) is 9. The van der Waals surface area contributed by atoms with Crippen LogP contribution in [0.15, 0.2) is 29.2 Å². The Labute approximate surface area is 208 Å². The average molecular weight is 480 g/mol. The molecule has 0 radical (unpaired) electrons. The van der Waals surface area contributed by atoms with Crippen molar-refractivity contribution in [3.63, 3.8) is 0 Å². The molecular formula is C28H41N5O2. The van der Waals surface area contributed by atoms with Gasteiger partial charge in [0.05, 0.1) is 10.9 Å². The van der Waals surface area contributed by atoms with Crippen LogP contribution in [-0.2, 0) is 6.54 Å². The lowest BCUT2D eigenvalue weighted by atomic mass is 10.1. The summed E-state index contributed by atoms with van der Waals surface area (Å²) in [6, 6.07) is 5.31. The third kappa shape index (κ3) is 6.59. The maximum atomic E-state index is 13.4. The van der Waals surface area contributed by atoms with Gasteiger partial charge < -0.3 is 9.88 Å². The highest BCUT2D eigenvalue weighted by Crippen LogP contribution is 2.14. The molecule has 0 aliphatic carbocycles. The van der Waals surface area contributed by atoms with Gasteiger partial charge in [0, 0.05) is 19.3 Å². The predicted octanol–water partition coefficient (Wildman–Crippen LogP) is 5.50. The van der Waals surface area contributed by atoms with Crippen molar-refractivity contribution >= 4 is 22.6 Å². The molecule has 0 aliphatic heterocycles. The number of fused-ring (bicyclic) bond motifs is 2. The Morgan fingerprint density at radius 2 is 1.63 bits per heavy atom. The van der Waals surface area contributed by atoms with Gasteiger partial charge in [0.1, 0.15) is 16.8 Å². The van der Waals surface area contributed by atoms with Crippen molar-refractivity contribution in [2.75, 3.05) is 6.54 Å². The topological polar surface area (TPSA) is 92.2 Å². The maximum absolute atomic E-state index is 13.4. The summed E-state index contributed by atoms with van der Waals surface area (Å²) in [5, 5.41) is 12.2. The Morgan fingerprint density at radius 3 is 2.34 bits per heavy atom. The van der Waals surface area contributed by atoms with Gasteiger partial charge in [-0.25, -0.2) is 4.98 Å². The molecule has 2 N–H and O–H groups in total. The second kappa shape index (κ2) is 13.2. The first-order valence-electron chi connectivity index (χ1n) is 13.4.